The molecule has 0 spiro atoms. The number of hydrogen-bond donors (Lipinski definition) is 2. The van der Waals surface area contributed by atoms with E-state index in [0.29, 0.717) is 16.6 Å². The number of hydrogen-bond acceptors (Lipinski definition) is 2. The summed E-state index contributed by atoms with van der Waals surface area (Å²) in [5, 5.41) is 11.8. The summed E-state index contributed by atoms with van der Waals surface area (Å²) in [6.45, 7) is 0. The van der Waals surface area contributed by atoms with Crippen LogP contribution >= 0.6 is 15.9 Å². The summed E-state index contributed by atoms with van der Waals surface area (Å²) in [7, 11) is 0. The van der Waals surface area contributed by atoms with Crippen LogP contribution in [0.4, 0.5) is 5.69 Å². The van der Waals surface area contributed by atoms with Gasteiger partial charge in [-0.05, 0) is 46.8 Å². The average Bonchev–Trinajstić information content (AvgIpc) is 2.84. The molecule has 1 aromatic carbocycles. The summed E-state index contributed by atoms with van der Waals surface area (Å²) >= 11 is 3.26. The van der Waals surface area contributed by atoms with Gasteiger partial charge in [0.05, 0.1) is 11.3 Å². The SMILES string of the molecule is O=C(CC1C=CCC1)Nc1c(Br)cccc1C(=O)O. The first-order valence-electron chi connectivity index (χ1n) is 6.06. The molecule has 2 rings (SSSR count). The van der Waals surface area contributed by atoms with E-state index in [0.717, 1.165) is 12.8 Å². The van der Waals surface area contributed by atoms with Crippen LogP contribution in [-0.2, 0) is 4.79 Å². The molecule has 0 saturated heterocycles. The summed E-state index contributed by atoms with van der Waals surface area (Å²) in [5.41, 5.74) is 0.409. The molecular weight excluding hydrogens is 310 g/mol. The minimum Gasteiger partial charge on any atom is -0.478 e. The Morgan fingerprint density at radius 2 is 2.21 bits per heavy atom. The van der Waals surface area contributed by atoms with E-state index in [1.165, 1.54) is 6.07 Å². The summed E-state index contributed by atoms with van der Waals surface area (Å²) in [5.74, 6) is -0.959. The number of carboxylic acid groups (broad SMARTS) is 1. The van der Waals surface area contributed by atoms with Crippen LogP contribution in [0, 0.1) is 5.92 Å². The van der Waals surface area contributed by atoms with Crippen LogP contribution in [0.25, 0.3) is 0 Å². The van der Waals surface area contributed by atoms with Crippen LogP contribution in [-0.4, -0.2) is 17.0 Å². The number of halogens is 1. The summed E-state index contributed by atoms with van der Waals surface area (Å²) in [6, 6.07) is 4.80. The Morgan fingerprint density at radius 3 is 2.84 bits per heavy atom. The highest BCUT2D eigenvalue weighted by Crippen LogP contribution is 2.28. The minimum atomic E-state index is -1.06. The lowest BCUT2D eigenvalue weighted by molar-refractivity contribution is -0.116. The molecule has 100 valence electrons. The average molecular weight is 324 g/mol. The molecule has 0 aliphatic heterocycles. The van der Waals surface area contributed by atoms with Crippen LogP contribution in [0.3, 0.4) is 0 Å². The summed E-state index contributed by atoms with van der Waals surface area (Å²) < 4.78 is 0.572. The van der Waals surface area contributed by atoms with Crippen molar-refractivity contribution in [2.75, 3.05) is 5.32 Å². The molecule has 1 aromatic rings. The molecule has 1 amide bonds. The van der Waals surface area contributed by atoms with E-state index in [1.807, 2.05) is 6.08 Å². The van der Waals surface area contributed by atoms with Crippen molar-refractivity contribution in [3.05, 3.63) is 40.4 Å². The van der Waals surface area contributed by atoms with E-state index in [4.69, 9.17) is 5.11 Å². The third-order valence-corrected chi connectivity index (χ3v) is 3.73. The Morgan fingerprint density at radius 1 is 1.42 bits per heavy atom. The number of nitrogens with one attached hydrogen (secondary N) is 1. The highest BCUT2D eigenvalue weighted by molar-refractivity contribution is 9.10. The minimum absolute atomic E-state index is 0.0877. The number of allylic oxidation sites excluding steroid dienone is 2. The molecule has 1 aliphatic carbocycles. The first-order valence-corrected chi connectivity index (χ1v) is 6.85. The first kappa shape index (κ1) is 13.8. The van der Waals surface area contributed by atoms with Gasteiger partial charge in [-0.3, -0.25) is 4.79 Å². The molecule has 1 atom stereocenters. The molecule has 1 aliphatic rings. The Kier molecular flexibility index (Phi) is 4.37. The molecule has 2 N–H and O–H groups in total. The van der Waals surface area contributed by atoms with E-state index in [1.54, 1.807) is 12.1 Å². The van der Waals surface area contributed by atoms with Crippen LogP contribution in [0.2, 0.25) is 0 Å². The van der Waals surface area contributed by atoms with Crippen molar-refractivity contribution >= 4 is 33.5 Å². The number of aromatic carboxylic acids is 1. The fourth-order valence-electron chi connectivity index (χ4n) is 2.12. The summed E-state index contributed by atoms with van der Waals surface area (Å²) in [4.78, 5) is 23.1. The number of benzene rings is 1. The van der Waals surface area contributed by atoms with Crippen LogP contribution in [0.1, 0.15) is 29.6 Å². The molecule has 5 heteroatoms. The standard InChI is InChI=1S/C14H14BrNO3/c15-11-7-3-6-10(14(18)19)13(11)16-12(17)8-9-4-1-2-5-9/h1,3-4,6-7,9H,2,5,8H2,(H,16,17)(H,18,19). The van der Waals surface area contributed by atoms with Gasteiger partial charge in [0, 0.05) is 10.9 Å². The van der Waals surface area contributed by atoms with Gasteiger partial charge < -0.3 is 10.4 Å². The molecular formula is C14H14BrNO3. The highest BCUT2D eigenvalue weighted by Gasteiger charge is 2.18. The molecule has 0 fully saturated rings. The Bertz CT molecular complexity index is 539. The highest BCUT2D eigenvalue weighted by atomic mass is 79.9. The normalized spacial score (nSPS) is 17.4. The van der Waals surface area contributed by atoms with Crippen LogP contribution in [0.15, 0.2) is 34.8 Å². The Balaban J connectivity index is 2.11. The van der Waals surface area contributed by atoms with Gasteiger partial charge in [0.1, 0.15) is 0 Å². The summed E-state index contributed by atoms with van der Waals surface area (Å²) in [6.07, 6.45) is 6.48. The predicted octanol–water partition coefficient (Wildman–Crippen LogP) is 3.44. The lowest BCUT2D eigenvalue weighted by Crippen LogP contribution is -2.17. The van der Waals surface area contributed by atoms with Crippen LogP contribution < -0.4 is 5.32 Å². The molecule has 0 aromatic heterocycles. The zero-order chi connectivity index (χ0) is 13.8. The molecule has 0 heterocycles. The number of carbonyl (C=O) groups excluding carboxylic acids is 1. The van der Waals surface area contributed by atoms with E-state index in [2.05, 4.69) is 27.3 Å². The fourth-order valence-corrected chi connectivity index (χ4v) is 2.59. The zero-order valence-corrected chi connectivity index (χ0v) is 11.8. The lowest BCUT2D eigenvalue weighted by Gasteiger charge is -2.12. The second kappa shape index (κ2) is 6.02. The van der Waals surface area contributed by atoms with E-state index in [-0.39, 0.29) is 17.4 Å². The van der Waals surface area contributed by atoms with E-state index >= 15 is 0 Å². The van der Waals surface area contributed by atoms with Gasteiger partial charge in [0.15, 0.2) is 0 Å². The lowest BCUT2D eigenvalue weighted by atomic mass is 10.0. The van der Waals surface area contributed by atoms with Crippen molar-refractivity contribution in [1.82, 2.24) is 0 Å². The molecule has 4 nitrogen and oxygen atoms in total. The molecule has 0 radical (unpaired) electrons. The van der Waals surface area contributed by atoms with Gasteiger partial charge in [-0.15, -0.1) is 0 Å². The third-order valence-electron chi connectivity index (χ3n) is 3.07. The number of anilines is 1. The van der Waals surface area contributed by atoms with Gasteiger partial charge in [0.2, 0.25) is 5.91 Å². The molecule has 0 bridgehead atoms. The monoisotopic (exact) mass is 323 g/mol. The second-order valence-corrected chi connectivity index (χ2v) is 5.34. The van der Waals surface area contributed by atoms with Gasteiger partial charge in [-0.25, -0.2) is 4.79 Å². The topological polar surface area (TPSA) is 66.4 Å². The van der Waals surface area contributed by atoms with Crippen molar-refractivity contribution in [3.8, 4) is 0 Å². The number of amides is 1. The number of carboxylic acids is 1. The Hall–Kier alpha value is -1.62. The fraction of sp³-hybridized carbons (Fsp3) is 0.286. The zero-order valence-electron chi connectivity index (χ0n) is 10.2. The van der Waals surface area contributed by atoms with Crippen molar-refractivity contribution in [2.45, 2.75) is 19.3 Å². The van der Waals surface area contributed by atoms with Crippen molar-refractivity contribution in [1.29, 1.82) is 0 Å². The number of para-hydroxylation sites is 1. The quantitative estimate of drug-likeness (QED) is 0.834. The van der Waals surface area contributed by atoms with E-state index in [9.17, 15) is 9.59 Å². The maximum atomic E-state index is 11.9. The molecule has 0 saturated carbocycles. The van der Waals surface area contributed by atoms with Crippen molar-refractivity contribution < 1.29 is 14.7 Å². The largest absolute Gasteiger partial charge is 0.478 e. The molecule has 1 unspecified atom stereocenters. The Labute approximate surface area is 119 Å². The van der Waals surface area contributed by atoms with Crippen LogP contribution in [0.5, 0.6) is 0 Å². The van der Waals surface area contributed by atoms with Gasteiger partial charge in [0.25, 0.3) is 0 Å². The van der Waals surface area contributed by atoms with Gasteiger partial charge in [-0.1, -0.05) is 18.2 Å². The molecule has 19 heavy (non-hydrogen) atoms. The number of rotatable bonds is 4. The second-order valence-electron chi connectivity index (χ2n) is 4.49. The van der Waals surface area contributed by atoms with Gasteiger partial charge >= 0.3 is 5.97 Å². The van der Waals surface area contributed by atoms with Crippen molar-refractivity contribution in [3.63, 3.8) is 0 Å². The maximum absolute atomic E-state index is 11.9. The van der Waals surface area contributed by atoms with Crippen molar-refractivity contribution in [2.24, 2.45) is 5.92 Å². The maximum Gasteiger partial charge on any atom is 0.337 e. The third kappa shape index (κ3) is 3.44. The van der Waals surface area contributed by atoms with Gasteiger partial charge in [-0.2, -0.15) is 0 Å². The van der Waals surface area contributed by atoms with E-state index < -0.39 is 5.97 Å². The predicted molar refractivity (Wildman–Crippen MR) is 76.2 cm³/mol. The number of carbonyl (C=O) groups is 2. The smallest absolute Gasteiger partial charge is 0.337 e. The first-order chi connectivity index (χ1) is 9.08.